The van der Waals surface area contributed by atoms with Crippen LogP contribution in [-0.4, -0.2) is 30.9 Å². The van der Waals surface area contributed by atoms with Crippen molar-refractivity contribution in [1.82, 2.24) is 10.2 Å². The summed E-state index contributed by atoms with van der Waals surface area (Å²) in [5.41, 5.74) is 0. The van der Waals surface area contributed by atoms with E-state index in [9.17, 15) is 0 Å². The first-order valence-corrected chi connectivity index (χ1v) is 4.41. The Bertz CT molecular complexity index is 186. The van der Waals surface area contributed by atoms with Crippen molar-refractivity contribution in [2.24, 2.45) is 5.92 Å². The maximum atomic E-state index is 7.68. The molecule has 0 saturated carbocycles. The number of hydrogen-bond donors (Lipinski definition) is 2. The Morgan fingerprint density at radius 2 is 2.42 bits per heavy atom. The molecule has 12 heavy (non-hydrogen) atoms. The first-order chi connectivity index (χ1) is 5.74. The standard InChI is InChI=1S/C9H17N3/c1-8-4-6-12(7-8)9(10)3-5-11-2/h3,5,8,10-11H,4,6-7H2,1-2H3/b5-3-,10-9?. The molecule has 1 saturated heterocycles. The third-order valence-electron chi connectivity index (χ3n) is 2.17. The molecular formula is C9H17N3. The van der Waals surface area contributed by atoms with Crippen molar-refractivity contribution >= 4 is 5.84 Å². The summed E-state index contributed by atoms with van der Waals surface area (Å²) in [6.07, 6.45) is 4.82. The van der Waals surface area contributed by atoms with Crippen molar-refractivity contribution in [3.63, 3.8) is 0 Å². The molecule has 1 aliphatic rings. The molecule has 0 amide bonds. The first kappa shape index (κ1) is 9.10. The van der Waals surface area contributed by atoms with Gasteiger partial charge in [-0.1, -0.05) is 6.92 Å². The van der Waals surface area contributed by atoms with Gasteiger partial charge in [0.2, 0.25) is 0 Å². The molecule has 1 heterocycles. The molecule has 1 fully saturated rings. The highest BCUT2D eigenvalue weighted by molar-refractivity contribution is 5.90. The number of nitrogens with one attached hydrogen (secondary N) is 2. The number of nitrogens with zero attached hydrogens (tertiary/aromatic N) is 1. The normalized spacial score (nSPS) is 23.5. The topological polar surface area (TPSA) is 39.1 Å². The fourth-order valence-corrected chi connectivity index (χ4v) is 1.42. The lowest BCUT2D eigenvalue weighted by Gasteiger charge is -2.15. The third-order valence-corrected chi connectivity index (χ3v) is 2.17. The summed E-state index contributed by atoms with van der Waals surface area (Å²) >= 11 is 0. The molecule has 1 atom stereocenters. The van der Waals surface area contributed by atoms with Crippen molar-refractivity contribution in [1.29, 1.82) is 5.41 Å². The lowest BCUT2D eigenvalue weighted by atomic mass is 10.2. The van der Waals surface area contributed by atoms with E-state index in [1.807, 2.05) is 7.05 Å². The van der Waals surface area contributed by atoms with Gasteiger partial charge >= 0.3 is 0 Å². The molecule has 0 aromatic carbocycles. The fourth-order valence-electron chi connectivity index (χ4n) is 1.42. The van der Waals surface area contributed by atoms with Gasteiger partial charge in [0, 0.05) is 20.1 Å². The van der Waals surface area contributed by atoms with Gasteiger partial charge < -0.3 is 10.2 Å². The van der Waals surface area contributed by atoms with Crippen LogP contribution < -0.4 is 5.32 Å². The molecule has 0 aromatic heterocycles. The largest absolute Gasteiger partial charge is 0.394 e. The first-order valence-electron chi connectivity index (χ1n) is 4.41. The summed E-state index contributed by atoms with van der Waals surface area (Å²) in [6, 6.07) is 0. The zero-order valence-corrected chi connectivity index (χ0v) is 7.80. The van der Waals surface area contributed by atoms with Gasteiger partial charge in [0.15, 0.2) is 0 Å². The molecule has 0 bridgehead atoms. The SMILES string of the molecule is CN/C=C\C(=N)N1CCC(C)C1. The molecular weight excluding hydrogens is 150 g/mol. The van der Waals surface area contributed by atoms with Crippen LogP contribution in [0.3, 0.4) is 0 Å². The molecule has 0 spiro atoms. The highest BCUT2D eigenvalue weighted by Gasteiger charge is 2.18. The van der Waals surface area contributed by atoms with Gasteiger partial charge in [-0.25, -0.2) is 0 Å². The molecule has 0 aromatic rings. The Morgan fingerprint density at radius 3 is 2.92 bits per heavy atom. The summed E-state index contributed by atoms with van der Waals surface area (Å²) in [6.45, 7) is 4.30. The van der Waals surface area contributed by atoms with Gasteiger partial charge in [-0.15, -0.1) is 0 Å². The van der Waals surface area contributed by atoms with Crippen LogP contribution in [0, 0.1) is 11.3 Å². The maximum Gasteiger partial charge on any atom is 0.122 e. The van der Waals surface area contributed by atoms with Crippen LogP contribution in [0.15, 0.2) is 12.3 Å². The van der Waals surface area contributed by atoms with Crippen molar-refractivity contribution in [2.75, 3.05) is 20.1 Å². The summed E-state index contributed by atoms with van der Waals surface area (Å²) in [5.74, 6) is 1.36. The molecule has 3 nitrogen and oxygen atoms in total. The lowest BCUT2D eigenvalue weighted by Crippen LogP contribution is -2.26. The Hall–Kier alpha value is -0.990. The molecule has 1 rings (SSSR count). The number of hydrogen-bond acceptors (Lipinski definition) is 2. The van der Waals surface area contributed by atoms with Gasteiger partial charge in [0.05, 0.1) is 0 Å². The van der Waals surface area contributed by atoms with Crippen LogP contribution in [0.4, 0.5) is 0 Å². The van der Waals surface area contributed by atoms with Crippen molar-refractivity contribution in [2.45, 2.75) is 13.3 Å². The fraction of sp³-hybridized carbons (Fsp3) is 0.667. The zero-order valence-electron chi connectivity index (χ0n) is 7.80. The van der Waals surface area contributed by atoms with Crippen LogP contribution in [0.2, 0.25) is 0 Å². The van der Waals surface area contributed by atoms with Gasteiger partial charge in [-0.2, -0.15) is 0 Å². The van der Waals surface area contributed by atoms with Crippen molar-refractivity contribution < 1.29 is 0 Å². The monoisotopic (exact) mass is 167 g/mol. The molecule has 2 N–H and O–H groups in total. The second kappa shape index (κ2) is 4.14. The predicted molar refractivity (Wildman–Crippen MR) is 51.3 cm³/mol. The van der Waals surface area contributed by atoms with Crippen LogP contribution in [0.1, 0.15) is 13.3 Å². The summed E-state index contributed by atoms with van der Waals surface area (Å²) < 4.78 is 0. The van der Waals surface area contributed by atoms with Gasteiger partial charge in [-0.05, 0) is 24.6 Å². The Labute approximate surface area is 74.0 Å². The lowest BCUT2D eigenvalue weighted by molar-refractivity contribution is 0.494. The number of likely N-dealkylation sites (tertiary alicyclic amines) is 1. The van der Waals surface area contributed by atoms with Crippen LogP contribution >= 0.6 is 0 Å². The Balaban J connectivity index is 2.38. The van der Waals surface area contributed by atoms with Gasteiger partial charge in [0.25, 0.3) is 0 Å². The minimum Gasteiger partial charge on any atom is -0.394 e. The molecule has 68 valence electrons. The minimum atomic E-state index is 0.619. The molecule has 0 radical (unpaired) electrons. The zero-order chi connectivity index (χ0) is 8.97. The Morgan fingerprint density at radius 1 is 1.67 bits per heavy atom. The second-order valence-corrected chi connectivity index (χ2v) is 3.35. The van der Waals surface area contributed by atoms with Crippen molar-refractivity contribution in [3.05, 3.63) is 12.3 Å². The third kappa shape index (κ3) is 2.26. The number of rotatable bonds is 2. The van der Waals surface area contributed by atoms with E-state index in [1.54, 1.807) is 12.3 Å². The van der Waals surface area contributed by atoms with Crippen LogP contribution in [0.25, 0.3) is 0 Å². The van der Waals surface area contributed by atoms with E-state index in [1.165, 1.54) is 6.42 Å². The molecule has 1 aliphatic heterocycles. The second-order valence-electron chi connectivity index (χ2n) is 3.35. The van der Waals surface area contributed by atoms with Gasteiger partial charge in [-0.3, -0.25) is 5.41 Å². The van der Waals surface area contributed by atoms with Gasteiger partial charge in [0.1, 0.15) is 5.84 Å². The smallest absolute Gasteiger partial charge is 0.122 e. The minimum absolute atomic E-state index is 0.619. The average Bonchev–Trinajstić information content (AvgIpc) is 2.47. The van der Waals surface area contributed by atoms with E-state index < -0.39 is 0 Å². The van der Waals surface area contributed by atoms with Crippen LogP contribution in [-0.2, 0) is 0 Å². The van der Waals surface area contributed by atoms with E-state index in [0.717, 1.165) is 19.0 Å². The predicted octanol–water partition coefficient (Wildman–Crippen LogP) is 1.04. The summed E-state index contributed by atoms with van der Waals surface area (Å²) in [5, 5.41) is 10.6. The molecule has 1 unspecified atom stereocenters. The molecule has 0 aliphatic carbocycles. The van der Waals surface area contributed by atoms with E-state index in [0.29, 0.717) is 5.84 Å². The quantitative estimate of drug-likeness (QED) is 0.476. The average molecular weight is 167 g/mol. The summed E-state index contributed by atoms with van der Waals surface area (Å²) in [7, 11) is 1.84. The summed E-state index contributed by atoms with van der Waals surface area (Å²) in [4.78, 5) is 2.11. The highest BCUT2D eigenvalue weighted by Crippen LogP contribution is 2.14. The van der Waals surface area contributed by atoms with Crippen molar-refractivity contribution in [3.8, 4) is 0 Å². The van der Waals surface area contributed by atoms with E-state index in [4.69, 9.17) is 5.41 Å². The molecule has 3 heteroatoms. The van der Waals surface area contributed by atoms with E-state index in [-0.39, 0.29) is 0 Å². The highest BCUT2D eigenvalue weighted by atomic mass is 15.2. The number of amidine groups is 1. The Kier molecular flexibility index (Phi) is 3.14. The van der Waals surface area contributed by atoms with Crippen LogP contribution in [0.5, 0.6) is 0 Å². The van der Waals surface area contributed by atoms with E-state index >= 15 is 0 Å². The maximum absolute atomic E-state index is 7.68. The van der Waals surface area contributed by atoms with E-state index in [2.05, 4.69) is 17.1 Å².